The van der Waals surface area contributed by atoms with Gasteiger partial charge in [-0.2, -0.15) is 16.8 Å². The van der Waals surface area contributed by atoms with Gasteiger partial charge in [0.05, 0.1) is 12.5 Å². The molecule has 0 N–H and O–H groups in total. The van der Waals surface area contributed by atoms with Crippen LogP contribution in [0.1, 0.15) is 11.4 Å². The zero-order valence-electron chi connectivity index (χ0n) is 15.2. The van der Waals surface area contributed by atoms with Crippen LogP contribution in [0.2, 0.25) is 0 Å². The molecule has 0 aliphatic carbocycles. The van der Waals surface area contributed by atoms with E-state index in [1.807, 2.05) is 0 Å². The highest BCUT2D eigenvalue weighted by atomic mass is 32.2. The molecule has 0 aliphatic rings. The molecule has 28 heavy (non-hydrogen) atoms. The SMILES string of the molecule is CS(=O)(=O)OCC#Cc1ccccn1.CS(=O)(=O)OCC#Cc1ccccn1. The van der Waals surface area contributed by atoms with Crippen molar-refractivity contribution in [3.63, 3.8) is 0 Å². The number of nitrogens with zero attached hydrogens (tertiary/aromatic N) is 2. The van der Waals surface area contributed by atoms with Gasteiger partial charge in [0, 0.05) is 12.4 Å². The van der Waals surface area contributed by atoms with Gasteiger partial charge in [-0.1, -0.05) is 24.0 Å². The lowest BCUT2D eigenvalue weighted by atomic mass is 10.3. The number of hydrogen-bond acceptors (Lipinski definition) is 8. The zero-order valence-corrected chi connectivity index (χ0v) is 16.8. The van der Waals surface area contributed by atoms with Gasteiger partial charge in [0.1, 0.15) is 24.6 Å². The predicted octanol–water partition coefficient (Wildman–Crippen LogP) is 0.819. The minimum Gasteiger partial charge on any atom is -0.257 e. The van der Waals surface area contributed by atoms with Crippen LogP contribution < -0.4 is 0 Å². The second kappa shape index (κ2) is 11.8. The molecule has 0 aliphatic heterocycles. The smallest absolute Gasteiger partial charge is 0.257 e. The van der Waals surface area contributed by atoms with Crippen molar-refractivity contribution in [3.8, 4) is 23.7 Å². The van der Waals surface area contributed by atoms with Gasteiger partial charge in [0.25, 0.3) is 20.2 Å². The molecule has 2 heterocycles. The van der Waals surface area contributed by atoms with Gasteiger partial charge < -0.3 is 0 Å². The van der Waals surface area contributed by atoms with Crippen molar-refractivity contribution < 1.29 is 25.2 Å². The molecule has 0 fully saturated rings. The van der Waals surface area contributed by atoms with Crippen LogP contribution in [0.4, 0.5) is 0 Å². The van der Waals surface area contributed by atoms with Gasteiger partial charge in [-0.3, -0.25) is 8.37 Å². The zero-order chi connectivity index (χ0) is 20.9. The molecule has 8 nitrogen and oxygen atoms in total. The first kappa shape index (κ1) is 23.3. The van der Waals surface area contributed by atoms with Crippen LogP contribution in [-0.4, -0.2) is 52.5 Å². The van der Waals surface area contributed by atoms with Crippen molar-refractivity contribution >= 4 is 20.2 Å². The van der Waals surface area contributed by atoms with Gasteiger partial charge in [0.15, 0.2) is 0 Å². The first-order valence-corrected chi connectivity index (χ1v) is 11.3. The quantitative estimate of drug-likeness (QED) is 0.526. The summed E-state index contributed by atoms with van der Waals surface area (Å²) in [6.07, 6.45) is 5.19. The lowest BCUT2D eigenvalue weighted by Crippen LogP contribution is -2.02. The summed E-state index contributed by atoms with van der Waals surface area (Å²) >= 11 is 0. The first-order valence-electron chi connectivity index (χ1n) is 7.64. The summed E-state index contributed by atoms with van der Waals surface area (Å²) in [5.41, 5.74) is 1.18. The van der Waals surface area contributed by atoms with Crippen LogP contribution in [0, 0.1) is 23.7 Å². The molecule has 0 radical (unpaired) electrons. The van der Waals surface area contributed by atoms with Gasteiger partial charge in [-0.05, 0) is 36.1 Å². The molecule has 10 heteroatoms. The Morgan fingerprint density at radius 1 is 0.750 bits per heavy atom. The van der Waals surface area contributed by atoms with E-state index in [9.17, 15) is 16.8 Å². The van der Waals surface area contributed by atoms with Gasteiger partial charge >= 0.3 is 0 Å². The lowest BCUT2D eigenvalue weighted by molar-refractivity contribution is 0.367. The second-order valence-corrected chi connectivity index (χ2v) is 8.25. The molecule has 2 aromatic rings. The fraction of sp³-hybridized carbons (Fsp3) is 0.222. The second-order valence-electron chi connectivity index (χ2n) is 4.97. The van der Waals surface area contributed by atoms with E-state index in [0.717, 1.165) is 12.5 Å². The molecule has 0 spiro atoms. The molecule has 0 unspecified atom stereocenters. The third-order valence-electron chi connectivity index (χ3n) is 2.45. The average Bonchev–Trinajstić information content (AvgIpc) is 2.63. The summed E-state index contributed by atoms with van der Waals surface area (Å²) in [4.78, 5) is 7.87. The maximum absolute atomic E-state index is 10.5. The molecular weight excluding hydrogens is 404 g/mol. The summed E-state index contributed by atoms with van der Waals surface area (Å²) in [5, 5.41) is 0. The van der Waals surface area contributed by atoms with E-state index in [0.29, 0.717) is 11.4 Å². The van der Waals surface area contributed by atoms with Crippen LogP contribution in [0.3, 0.4) is 0 Å². The summed E-state index contributed by atoms with van der Waals surface area (Å²) < 4.78 is 51.0. The van der Waals surface area contributed by atoms with E-state index in [1.165, 1.54) is 0 Å². The van der Waals surface area contributed by atoms with Crippen molar-refractivity contribution in [2.24, 2.45) is 0 Å². The number of rotatable bonds is 4. The van der Waals surface area contributed by atoms with E-state index in [4.69, 9.17) is 0 Å². The van der Waals surface area contributed by atoms with Gasteiger partial charge in [0.2, 0.25) is 0 Å². The van der Waals surface area contributed by atoms with Crippen molar-refractivity contribution in [1.82, 2.24) is 9.97 Å². The largest absolute Gasteiger partial charge is 0.265 e. The van der Waals surface area contributed by atoms with E-state index >= 15 is 0 Å². The van der Waals surface area contributed by atoms with E-state index < -0.39 is 20.2 Å². The summed E-state index contributed by atoms with van der Waals surface area (Å²) in [5.74, 6) is 10.4. The minimum absolute atomic E-state index is 0.143. The number of pyridine rings is 2. The normalized spacial score (nSPS) is 10.4. The third-order valence-corrected chi connectivity index (χ3v) is 3.55. The fourth-order valence-corrected chi connectivity index (χ4v) is 1.95. The Balaban J connectivity index is 0.000000280. The van der Waals surface area contributed by atoms with Crippen molar-refractivity contribution in [3.05, 3.63) is 60.2 Å². The van der Waals surface area contributed by atoms with Crippen LogP contribution in [-0.2, 0) is 28.6 Å². The predicted molar refractivity (Wildman–Crippen MR) is 104 cm³/mol. The van der Waals surface area contributed by atoms with Gasteiger partial charge in [-0.25, -0.2) is 9.97 Å². The molecule has 2 rings (SSSR count). The summed E-state index contributed by atoms with van der Waals surface area (Å²) in [6.45, 7) is -0.287. The number of hydrogen-bond donors (Lipinski definition) is 0. The van der Waals surface area contributed by atoms with Crippen molar-refractivity contribution in [2.45, 2.75) is 0 Å². The van der Waals surface area contributed by atoms with Gasteiger partial charge in [-0.15, -0.1) is 0 Å². The molecule has 0 aromatic carbocycles. The average molecular weight is 422 g/mol. The highest BCUT2D eigenvalue weighted by Crippen LogP contribution is 1.91. The van der Waals surface area contributed by atoms with E-state index in [2.05, 4.69) is 42.0 Å². The van der Waals surface area contributed by atoms with E-state index in [-0.39, 0.29) is 13.2 Å². The molecule has 0 saturated heterocycles. The highest BCUT2D eigenvalue weighted by molar-refractivity contribution is 7.86. The van der Waals surface area contributed by atoms with Crippen LogP contribution in [0.15, 0.2) is 48.8 Å². The van der Waals surface area contributed by atoms with Crippen LogP contribution in [0.25, 0.3) is 0 Å². The fourth-order valence-electron chi connectivity index (χ4n) is 1.40. The lowest BCUT2D eigenvalue weighted by Gasteiger charge is -1.91. The maximum Gasteiger partial charge on any atom is 0.265 e. The standard InChI is InChI=1S/2C9H9NO3S/c2*1-14(11,12)13-8-4-6-9-5-2-3-7-10-9/h2*2-3,5,7H,8H2,1H3. The Morgan fingerprint density at radius 2 is 1.14 bits per heavy atom. The van der Waals surface area contributed by atoms with E-state index in [1.54, 1.807) is 48.8 Å². The van der Waals surface area contributed by atoms with Crippen LogP contribution in [0.5, 0.6) is 0 Å². The Hall–Kier alpha value is -2.76. The molecular formula is C18H18N2O6S2. The minimum atomic E-state index is -3.40. The molecule has 148 valence electrons. The monoisotopic (exact) mass is 422 g/mol. The molecule has 0 bridgehead atoms. The number of aromatic nitrogens is 2. The molecule has 0 atom stereocenters. The Bertz CT molecular complexity index is 973. The Morgan fingerprint density at radius 3 is 1.43 bits per heavy atom. The van der Waals surface area contributed by atoms with Crippen molar-refractivity contribution in [2.75, 3.05) is 25.7 Å². The topological polar surface area (TPSA) is 113 Å². The summed E-state index contributed by atoms with van der Waals surface area (Å²) in [6, 6.07) is 10.6. The molecule has 2 aromatic heterocycles. The summed E-state index contributed by atoms with van der Waals surface area (Å²) in [7, 11) is -6.80. The molecule has 0 saturated carbocycles. The van der Waals surface area contributed by atoms with Crippen LogP contribution >= 0.6 is 0 Å². The van der Waals surface area contributed by atoms with Crippen molar-refractivity contribution in [1.29, 1.82) is 0 Å². The molecule has 0 amide bonds. The first-order chi connectivity index (χ1) is 13.2. The highest BCUT2D eigenvalue weighted by Gasteiger charge is 1.98. The third kappa shape index (κ3) is 13.4. The Labute approximate surface area is 165 Å². The maximum atomic E-state index is 10.5. The Kier molecular flexibility index (Phi) is 9.85.